The largest absolute Gasteiger partial charge is 0.299 e. The molecule has 0 aromatic rings. The Labute approximate surface area is 112 Å². The van der Waals surface area contributed by atoms with E-state index in [0.717, 1.165) is 12.8 Å². The Morgan fingerprint density at radius 1 is 0.789 bits per heavy atom. The van der Waals surface area contributed by atoms with E-state index in [1.807, 2.05) is 12.2 Å². The first kappa shape index (κ1) is 10.8. The third-order valence-corrected chi connectivity index (χ3v) is 8.99. The summed E-state index contributed by atoms with van der Waals surface area (Å²) >= 11 is 0. The molecule has 0 aromatic heterocycles. The summed E-state index contributed by atoms with van der Waals surface area (Å²) in [4.78, 5) is 12.8. The highest BCUT2D eigenvalue weighted by Gasteiger charge is 2.67. The van der Waals surface area contributed by atoms with Crippen LogP contribution in [0.4, 0.5) is 0 Å². The molecule has 0 radical (unpaired) electrons. The van der Waals surface area contributed by atoms with Crippen molar-refractivity contribution in [3.05, 3.63) is 24.3 Å². The lowest BCUT2D eigenvalue weighted by atomic mass is 9.77. The van der Waals surface area contributed by atoms with Crippen LogP contribution in [0.3, 0.4) is 0 Å². The van der Waals surface area contributed by atoms with E-state index in [-0.39, 0.29) is 41.3 Å². The molecule has 5 rings (SSSR count). The Balaban J connectivity index is 1.72. The minimum absolute atomic E-state index is 0.105. The van der Waals surface area contributed by atoms with Gasteiger partial charge in [0.25, 0.3) is 0 Å². The number of carbonyl (C=O) groups excluding carboxylic acids is 1. The Bertz CT molecular complexity index is 596. The molecule has 3 nitrogen and oxygen atoms in total. The zero-order chi connectivity index (χ0) is 12.9. The van der Waals surface area contributed by atoms with Crippen LogP contribution in [0.25, 0.3) is 0 Å². The molecule has 0 unspecified atom stereocenters. The van der Waals surface area contributed by atoms with Crippen LogP contribution >= 0.6 is 0 Å². The standard InChI is InChI=1S/C15H16O3S/c16-13-11-7-1-3-9(5-7)14(11)19(17,18)15-10-4-2-8(6-10)12(13)15/h1-4,7-12,14-15H,5-6H2/t7-,8+,9+,10-,11-,12-,14+,15+/m1/s1. The maximum absolute atomic E-state index is 13.0. The summed E-state index contributed by atoms with van der Waals surface area (Å²) in [6, 6.07) is 0. The summed E-state index contributed by atoms with van der Waals surface area (Å²) in [5, 5.41) is -0.798. The van der Waals surface area contributed by atoms with Crippen LogP contribution in [-0.4, -0.2) is 24.7 Å². The number of fused-ring (bicyclic) bond motifs is 10. The lowest BCUT2D eigenvalue weighted by molar-refractivity contribution is -0.128. The molecule has 0 aromatic carbocycles. The number of allylic oxidation sites excluding steroid dienone is 4. The highest BCUT2D eigenvalue weighted by atomic mass is 32.2. The lowest BCUT2D eigenvalue weighted by Crippen LogP contribution is -2.55. The van der Waals surface area contributed by atoms with Crippen molar-refractivity contribution < 1.29 is 13.2 Å². The van der Waals surface area contributed by atoms with Crippen LogP contribution in [0.15, 0.2) is 24.3 Å². The van der Waals surface area contributed by atoms with Gasteiger partial charge in [-0.3, -0.25) is 4.79 Å². The van der Waals surface area contributed by atoms with Gasteiger partial charge in [0.05, 0.1) is 10.5 Å². The third kappa shape index (κ3) is 1.04. The topological polar surface area (TPSA) is 51.2 Å². The molecule has 0 amide bonds. The number of hydrogen-bond acceptors (Lipinski definition) is 3. The van der Waals surface area contributed by atoms with Crippen LogP contribution in [-0.2, 0) is 14.6 Å². The van der Waals surface area contributed by atoms with Gasteiger partial charge >= 0.3 is 0 Å². The second kappa shape index (κ2) is 3.05. The molecule has 19 heavy (non-hydrogen) atoms. The number of ketones is 1. The van der Waals surface area contributed by atoms with Gasteiger partial charge in [0, 0.05) is 11.8 Å². The normalized spacial score (nSPS) is 58.6. The van der Waals surface area contributed by atoms with Gasteiger partial charge in [-0.2, -0.15) is 0 Å². The van der Waals surface area contributed by atoms with Crippen molar-refractivity contribution in [2.45, 2.75) is 23.3 Å². The Hall–Kier alpha value is -0.900. The molecule has 0 N–H and O–H groups in total. The van der Waals surface area contributed by atoms with Crippen molar-refractivity contribution in [2.75, 3.05) is 0 Å². The van der Waals surface area contributed by atoms with Crippen molar-refractivity contribution in [3.63, 3.8) is 0 Å². The highest BCUT2D eigenvalue weighted by molar-refractivity contribution is 7.92. The number of carbonyl (C=O) groups is 1. The zero-order valence-corrected chi connectivity index (χ0v) is 11.3. The Morgan fingerprint density at radius 3 is 1.68 bits per heavy atom. The van der Waals surface area contributed by atoms with Crippen LogP contribution in [0.5, 0.6) is 0 Å². The number of Topliss-reactive ketones (excluding diaryl/α,β-unsaturated/α-hetero) is 1. The molecule has 1 aliphatic heterocycles. The fourth-order valence-electron chi connectivity index (χ4n) is 5.60. The average Bonchev–Trinajstić information content (AvgIpc) is 3.11. The van der Waals surface area contributed by atoms with E-state index in [1.54, 1.807) is 0 Å². The predicted molar refractivity (Wildman–Crippen MR) is 70.0 cm³/mol. The summed E-state index contributed by atoms with van der Waals surface area (Å²) in [7, 11) is -3.16. The summed E-state index contributed by atoms with van der Waals surface area (Å²) < 4.78 is 26.0. The van der Waals surface area contributed by atoms with Gasteiger partial charge in [-0.25, -0.2) is 8.42 Å². The second-order valence-electron chi connectivity index (χ2n) is 6.87. The second-order valence-corrected chi connectivity index (χ2v) is 9.14. The van der Waals surface area contributed by atoms with Gasteiger partial charge in [0.2, 0.25) is 0 Å². The molecule has 0 spiro atoms. The van der Waals surface area contributed by atoms with Crippen molar-refractivity contribution in [3.8, 4) is 0 Å². The maximum Gasteiger partial charge on any atom is 0.158 e. The summed E-state index contributed by atoms with van der Waals surface area (Å²) in [6.45, 7) is 0. The van der Waals surface area contributed by atoms with E-state index in [9.17, 15) is 13.2 Å². The van der Waals surface area contributed by atoms with Gasteiger partial charge < -0.3 is 0 Å². The van der Waals surface area contributed by atoms with E-state index < -0.39 is 20.3 Å². The fraction of sp³-hybridized carbons (Fsp3) is 0.667. The SMILES string of the molecule is O=C1[C@@H]2[C@H]([C@H]3C=C[C@@H]2C3)S(=O)(=O)[C@@H]2[C@@H]1[C@H]1C=C[C@@H]2C1. The maximum atomic E-state index is 13.0. The zero-order valence-electron chi connectivity index (χ0n) is 10.5. The van der Waals surface area contributed by atoms with Crippen LogP contribution < -0.4 is 0 Å². The van der Waals surface area contributed by atoms with Crippen LogP contribution in [0.1, 0.15) is 12.8 Å². The molecule has 4 heteroatoms. The monoisotopic (exact) mass is 276 g/mol. The smallest absolute Gasteiger partial charge is 0.158 e. The van der Waals surface area contributed by atoms with E-state index in [0.29, 0.717) is 0 Å². The van der Waals surface area contributed by atoms with Crippen molar-refractivity contribution in [1.82, 2.24) is 0 Å². The molecule has 2 saturated carbocycles. The lowest BCUT2D eigenvalue weighted by Gasteiger charge is -2.41. The molecular weight excluding hydrogens is 260 g/mol. The molecule has 100 valence electrons. The summed E-state index contributed by atoms with van der Waals surface area (Å²) in [6.07, 6.45) is 10.0. The molecule has 4 bridgehead atoms. The highest BCUT2D eigenvalue weighted by Crippen LogP contribution is 2.59. The van der Waals surface area contributed by atoms with E-state index in [2.05, 4.69) is 12.2 Å². The number of sulfone groups is 1. The predicted octanol–water partition coefficient (Wildman–Crippen LogP) is 1.37. The molecule has 5 aliphatic rings. The fourth-order valence-corrected chi connectivity index (χ4v) is 8.83. The van der Waals surface area contributed by atoms with Gasteiger partial charge in [-0.05, 0) is 36.5 Å². The first-order chi connectivity index (χ1) is 9.09. The van der Waals surface area contributed by atoms with Crippen molar-refractivity contribution in [1.29, 1.82) is 0 Å². The minimum atomic E-state index is -3.16. The minimum Gasteiger partial charge on any atom is -0.299 e. The van der Waals surface area contributed by atoms with Crippen molar-refractivity contribution >= 4 is 15.6 Å². The summed E-state index contributed by atoms with van der Waals surface area (Å²) in [5.74, 6) is 0.408. The first-order valence-electron chi connectivity index (χ1n) is 7.22. The number of hydrogen-bond donors (Lipinski definition) is 0. The third-order valence-electron chi connectivity index (χ3n) is 6.19. The van der Waals surface area contributed by atoms with Gasteiger partial charge in [-0.1, -0.05) is 24.3 Å². The van der Waals surface area contributed by atoms with Crippen LogP contribution in [0, 0.1) is 35.5 Å². The number of rotatable bonds is 0. The Morgan fingerprint density at radius 2 is 1.21 bits per heavy atom. The molecule has 1 saturated heterocycles. The van der Waals surface area contributed by atoms with E-state index >= 15 is 0 Å². The van der Waals surface area contributed by atoms with E-state index in [1.165, 1.54) is 0 Å². The van der Waals surface area contributed by atoms with Gasteiger partial charge in [0.15, 0.2) is 9.84 Å². The molecule has 3 fully saturated rings. The van der Waals surface area contributed by atoms with E-state index in [4.69, 9.17) is 0 Å². The Kier molecular flexibility index (Phi) is 1.74. The van der Waals surface area contributed by atoms with Crippen LogP contribution in [0.2, 0.25) is 0 Å². The van der Waals surface area contributed by atoms with Gasteiger partial charge in [0.1, 0.15) is 5.78 Å². The van der Waals surface area contributed by atoms with Crippen molar-refractivity contribution in [2.24, 2.45) is 35.5 Å². The average molecular weight is 276 g/mol. The molecule has 4 aliphatic carbocycles. The summed E-state index contributed by atoms with van der Waals surface area (Å²) in [5.41, 5.74) is 0. The molecular formula is C15H16O3S. The molecule has 1 heterocycles. The quantitative estimate of drug-likeness (QED) is 0.628. The first-order valence-corrected chi connectivity index (χ1v) is 8.83. The van der Waals surface area contributed by atoms with Gasteiger partial charge in [-0.15, -0.1) is 0 Å². The molecule has 8 atom stereocenters.